The van der Waals surface area contributed by atoms with E-state index in [2.05, 4.69) is 34.7 Å². The van der Waals surface area contributed by atoms with Gasteiger partial charge in [-0.3, -0.25) is 0 Å². The number of halogens is 1. The molecule has 0 fully saturated rings. The number of hydrogen-bond donors (Lipinski definition) is 2. The van der Waals surface area contributed by atoms with E-state index in [1.54, 1.807) is 0 Å². The van der Waals surface area contributed by atoms with Gasteiger partial charge in [-0.2, -0.15) is 0 Å². The van der Waals surface area contributed by atoms with Crippen molar-refractivity contribution < 1.29 is 4.42 Å². The number of anilines is 1. The zero-order valence-corrected chi connectivity index (χ0v) is 12.4. The third-order valence-corrected chi connectivity index (χ3v) is 2.98. The Bertz CT molecular complexity index is 524. The van der Waals surface area contributed by atoms with Crippen molar-refractivity contribution >= 4 is 17.6 Å². The zero-order chi connectivity index (χ0) is 14.4. The van der Waals surface area contributed by atoms with Gasteiger partial charge >= 0.3 is 6.01 Å². The molecular weight excluding hydrogens is 276 g/mol. The van der Waals surface area contributed by atoms with Gasteiger partial charge in [-0.1, -0.05) is 42.7 Å². The van der Waals surface area contributed by atoms with E-state index in [1.165, 1.54) is 5.56 Å². The molecule has 108 valence electrons. The first-order valence-corrected chi connectivity index (χ1v) is 7.05. The zero-order valence-electron chi connectivity index (χ0n) is 11.7. The highest BCUT2D eigenvalue weighted by Crippen LogP contribution is 2.10. The minimum atomic E-state index is 0.392. The van der Waals surface area contributed by atoms with Gasteiger partial charge in [0.15, 0.2) is 0 Å². The van der Waals surface area contributed by atoms with Crippen LogP contribution in [0.4, 0.5) is 6.01 Å². The molecule has 0 atom stereocenters. The molecule has 2 rings (SSSR count). The molecule has 1 aromatic carbocycles. The van der Waals surface area contributed by atoms with Crippen molar-refractivity contribution in [3.63, 3.8) is 0 Å². The SMILES string of the molecule is CC(C)NCc1nnc(NCCc2ccc(Cl)cc2)o1. The van der Waals surface area contributed by atoms with E-state index in [9.17, 15) is 0 Å². The largest absolute Gasteiger partial charge is 0.407 e. The fourth-order valence-corrected chi connectivity index (χ4v) is 1.78. The van der Waals surface area contributed by atoms with E-state index in [4.69, 9.17) is 16.0 Å². The molecule has 20 heavy (non-hydrogen) atoms. The summed E-state index contributed by atoms with van der Waals surface area (Å²) in [4.78, 5) is 0. The monoisotopic (exact) mass is 294 g/mol. The van der Waals surface area contributed by atoms with Crippen LogP contribution < -0.4 is 10.6 Å². The Hall–Kier alpha value is -1.59. The molecule has 0 radical (unpaired) electrons. The summed E-state index contributed by atoms with van der Waals surface area (Å²) in [7, 11) is 0. The lowest BCUT2D eigenvalue weighted by Gasteiger charge is -2.04. The first-order valence-electron chi connectivity index (χ1n) is 6.67. The van der Waals surface area contributed by atoms with Gasteiger partial charge in [0.2, 0.25) is 5.89 Å². The van der Waals surface area contributed by atoms with Crippen LogP contribution in [0.1, 0.15) is 25.3 Å². The minimum Gasteiger partial charge on any atom is -0.407 e. The summed E-state index contributed by atoms with van der Waals surface area (Å²) in [6, 6.07) is 8.65. The molecule has 0 saturated heterocycles. The van der Waals surface area contributed by atoms with Crippen LogP contribution in [0.2, 0.25) is 5.02 Å². The summed E-state index contributed by atoms with van der Waals surface area (Å²) < 4.78 is 5.47. The van der Waals surface area contributed by atoms with Gasteiger partial charge in [0.25, 0.3) is 0 Å². The molecule has 0 spiro atoms. The summed E-state index contributed by atoms with van der Waals surface area (Å²) in [5.74, 6) is 0.590. The lowest BCUT2D eigenvalue weighted by atomic mass is 10.1. The van der Waals surface area contributed by atoms with Gasteiger partial charge in [-0.15, -0.1) is 5.10 Å². The van der Waals surface area contributed by atoms with E-state index < -0.39 is 0 Å². The summed E-state index contributed by atoms with van der Waals surface area (Å²) in [5, 5.41) is 15.0. The Morgan fingerprint density at radius 3 is 2.65 bits per heavy atom. The quantitative estimate of drug-likeness (QED) is 0.822. The summed E-state index contributed by atoms with van der Waals surface area (Å²) in [6.45, 7) is 5.47. The van der Waals surface area contributed by atoms with Crippen molar-refractivity contribution in [3.05, 3.63) is 40.7 Å². The molecule has 0 saturated carbocycles. The topological polar surface area (TPSA) is 63.0 Å². The Kier molecular flexibility index (Phi) is 5.38. The van der Waals surface area contributed by atoms with E-state index in [0.29, 0.717) is 24.5 Å². The molecule has 1 heterocycles. The van der Waals surface area contributed by atoms with Crippen LogP contribution in [0.15, 0.2) is 28.7 Å². The van der Waals surface area contributed by atoms with Crippen molar-refractivity contribution in [2.75, 3.05) is 11.9 Å². The Balaban J connectivity index is 1.75. The number of rotatable bonds is 7. The Labute approximate surface area is 123 Å². The van der Waals surface area contributed by atoms with Crippen molar-refractivity contribution in [1.29, 1.82) is 0 Å². The molecule has 0 unspecified atom stereocenters. The molecular formula is C14H19ClN4O. The molecule has 2 aromatic rings. The lowest BCUT2D eigenvalue weighted by molar-refractivity contribution is 0.458. The third kappa shape index (κ3) is 4.83. The highest BCUT2D eigenvalue weighted by atomic mass is 35.5. The molecule has 0 amide bonds. The standard InChI is InChI=1S/C14H19ClN4O/c1-10(2)17-9-13-18-19-14(20-13)16-8-7-11-3-5-12(15)6-4-11/h3-6,10,17H,7-9H2,1-2H3,(H,16,19). The van der Waals surface area contributed by atoms with Crippen LogP contribution in [-0.4, -0.2) is 22.8 Å². The van der Waals surface area contributed by atoms with Gasteiger partial charge in [0, 0.05) is 17.6 Å². The summed E-state index contributed by atoms with van der Waals surface area (Å²) in [5.41, 5.74) is 1.21. The second-order valence-electron chi connectivity index (χ2n) is 4.84. The molecule has 1 aromatic heterocycles. The molecule has 5 nitrogen and oxygen atoms in total. The number of aromatic nitrogens is 2. The van der Waals surface area contributed by atoms with Gasteiger partial charge in [0.05, 0.1) is 6.54 Å². The molecule has 0 aliphatic carbocycles. The van der Waals surface area contributed by atoms with Crippen molar-refractivity contribution in [2.24, 2.45) is 0 Å². The van der Waals surface area contributed by atoms with E-state index in [1.807, 2.05) is 24.3 Å². The van der Waals surface area contributed by atoms with Gasteiger partial charge in [0.1, 0.15) is 0 Å². The normalized spacial score (nSPS) is 11.0. The van der Waals surface area contributed by atoms with Crippen molar-refractivity contribution in [1.82, 2.24) is 15.5 Å². The maximum atomic E-state index is 5.84. The highest BCUT2D eigenvalue weighted by Gasteiger charge is 2.05. The van der Waals surface area contributed by atoms with Crippen LogP contribution in [0.3, 0.4) is 0 Å². The predicted molar refractivity (Wildman–Crippen MR) is 79.9 cm³/mol. The van der Waals surface area contributed by atoms with Gasteiger partial charge in [-0.05, 0) is 24.1 Å². The third-order valence-electron chi connectivity index (χ3n) is 2.73. The average Bonchev–Trinajstić information content (AvgIpc) is 2.87. The second kappa shape index (κ2) is 7.26. The Morgan fingerprint density at radius 1 is 1.20 bits per heavy atom. The maximum Gasteiger partial charge on any atom is 0.315 e. The number of benzene rings is 1. The molecule has 0 bridgehead atoms. The first kappa shape index (κ1) is 14.8. The summed E-state index contributed by atoms with van der Waals surface area (Å²) >= 11 is 5.84. The fraction of sp³-hybridized carbons (Fsp3) is 0.429. The van der Waals surface area contributed by atoms with E-state index >= 15 is 0 Å². The molecule has 6 heteroatoms. The second-order valence-corrected chi connectivity index (χ2v) is 5.28. The van der Waals surface area contributed by atoms with Gasteiger partial charge < -0.3 is 15.1 Å². The molecule has 0 aliphatic rings. The number of nitrogens with zero attached hydrogens (tertiary/aromatic N) is 2. The van der Waals surface area contributed by atoms with E-state index in [0.717, 1.165) is 18.0 Å². The van der Waals surface area contributed by atoms with Crippen LogP contribution in [0.5, 0.6) is 0 Å². The minimum absolute atomic E-state index is 0.392. The van der Waals surface area contributed by atoms with Crippen LogP contribution in [-0.2, 0) is 13.0 Å². The fourth-order valence-electron chi connectivity index (χ4n) is 1.65. The van der Waals surface area contributed by atoms with Crippen LogP contribution >= 0.6 is 11.6 Å². The number of hydrogen-bond acceptors (Lipinski definition) is 5. The molecule has 0 aliphatic heterocycles. The highest BCUT2D eigenvalue weighted by molar-refractivity contribution is 6.30. The number of nitrogens with one attached hydrogen (secondary N) is 2. The first-order chi connectivity index (χ1) is 9.63. The Morgan fingerprint density at radius 2 is 1.95 bits per heavy atom. The van der Waals surface area contributed by atoms with Crippen molar-refractivity contribution in [2.45, 2.75) is 32.9 Å². The van der Waals surface area contributed by atoms with Gasteiger partial charge in [-0.25, -0.2) is 0 Å². The lowest BCUT2D eigenvalue weighted by Crippen LogP contribution is -2.21. The van der Waals surface area contributed by atoms with Crippen molar-refractivity contribution in [3.8, 4) is 0 Å². The van der Waals surface area contributed by atoms with E-state index in [-0.39, 0.29) is 0 Å². The van der Waals surface area contributed by atoms with Crippen LogP contribution in [0.25, 0.3) is 0 Å². The van der Waals surface area contributed by atoms with Crippen LogP contribution in [0, 0.1) is 0 Å². The predicted octanol–water partition coefficient (Wildman–Crippen LogP) is 2.88. The molecule has 2 N–H and O–H groups in total. The average molecular weight is 295 g/mol. The maximum absolute atomic E-state index is 5.84. The summed E-state index contributed by atoms with van der Waals surface area (Å²) in [6.07, 6.45) is 0.874. The smallest absolute Gasteiger partial charge is 0.315 e.